The highest BCUT2D eigenvalue weighted by Crippen LogP contribution is 2.62. The largest absolute Gasteiger partial charge is 0.298 e. The van der Waals surface area contributed by atoms with Crippen LogP contribution in [0.25, 0.3) is 0 Å². The van der Waals surface area contributed by atoms with E-state index in [2.05, 4.69) is 6.58 Å². The normalized spacial score (nSPS) is 45.3. The first-order chi connectivity index (χ1) is 8.73. The highest BCUT2D eigenvalue weighted by molar-refractivity contribution is 6.12. The molecule has 3 aliphatic rings. The van der Waals surface area contributed by atoms with Crippen molar-refractivity contribution in [1.29, 1.82) is 0 Å². The molecular formula is C16H18O3. The second-order valence-electron chi connectivity index (χ2n) is 6.54. The Bertz CT molecular complexity index is 581. The number of allylic oxidation sites excluding steroid dienone is 3. The molecule has 0 aromatic heterocycles. The molecule has 0 amide bonds. The van der Waals surface area contributed by atoms with Crippen LogP contribution in [0.15, 0.2) is 23.8 Å². The van der Waals surface area contributed by atoms with Crippen LogP contribution in [0.1, 0.15) is 33.6 Å². The summed E-state index contributed by atoms with van der Waals surface area (Å²) in [4.78, 5) is 37.4. The average Bonchev–Trinajstić information content (AvgIpc) is 2.36. The monoisotopic (exact) mass is 258 g/mol. The number of hydrogen-bond donors (Lipinski definition) is 0. The molecule has 0 radical (unpaired) electrons. The minimum Gasteiger partial charge on any atom is -0.298 e. The van der Waals surface area contributed by atoms with Crippen molar-refractivity contribution in [3.8, 4) is 0 Å². The Morgan fingerprint density at radius 2 is 1.58 bits per heavy atom. The Hall–Kier alpha value is -1.51. The van der Waals surface area contributed by atoms with Crippen molar-refractivity contribution in [2.75, 3.05) is 0 Å². The summed E-state index contributed by atoms with van der Waals surface area (Å²) in [5.74, 6) is -0.640. The molecule has 3 nitrogen and oxygen atoms in total. The average molecular weight is 258 g/mol. The Morgan fingerprint density at radius 3 is 2.16 bits per heavy atom. The van der Waals surface area contributed by atoms with Crippen molar-refractivity contribution < 1.29 is 14.4 Å². The molecule has 0 spiro atoms. The van der Waals surface area contributed by atoms with E-state index >= 15 is 0 Å². The molecule has 0 heterocycles. The standard InChI is InChI=1S/C16H18O3/c1-8-5-10(17)7-12-14(19)16(4)9(2)6-11(16)13(18)15(8,12)3/h5,11-12H,2,6-7H2,1,3-4H3/t11-,12+,15+,16-/m1/s1. The zero-order valence-electron chi connectivity index (χ0n) is 11.6. The number of hydrogen-bond acceptors (Lipinski definition) is 3. The molecule has 3 aliphatic carbocycles. The van der Waals surface area contributed by atoms with Gasteiger partial charge in [-0.05, 0) is 33.3 Å². The van der Waals surface area contributed by atoms with E-state index in [-0.39, 0.29) is 29.7 Å². The lowest BCUT2D eigenvalue weighted by Gasteiger charge is -2.58. The number of rotatable bonds is 0. The fourth-order valence-corrected chi connectivity index (χ4v) is 4.05. The molecule has 2 saturated carbocycles. The van der Waals surface area contributed by atoms with Gasteiger partial charge in [0.15, 0.2) is 5.78 Å². The molecule has 0 aliphatic heterocycles. The number of carbonyl (C=O) groups is 3. The zero-order chi connectivity index (χ0) is 14.2. The maximum Gasteiger partial charge on any atom is 0.156 e. The SMILES string of the molecule is C=C1C[C@@H]2C(=O)[C@@]3(C)C(C)=CC(=O)C[C@H]3C(=O)[C@]12C. The summed E-state index contributed by atoms with van der Waals surface area (Å²) >= 11 is 0. The van der Waals surface area contributed by atoms with E-state index in [1.807, 2.05) is 13.8 Å². The van der Waals surface area contributed by atoms with Gasteiger partial charge >= 0.3 is 0 Å². The van der Waals surface area contributed by atoms with Gasteiger partial charge in [-0.15, -0.1) is 0 Å². The third kappa shape index (κ3) is 1.17. The van der Waals surface area contributed by atoms with Crippen LogP contribution in [-0.2, 0) is 14.4 Å². The summed E-state index contributed by atoms with van der Waals surface area (Å²) in [6.07, 6.45) is 2.32. The second-order valence-corrected chi connectivity index (χ2v) is 6.54. The van der Waals surface area contributed by atoms with Crippen molar-refractivity contribution in [3.05, 3.63) is 23.8 Å². The van der Waals surface area contributed by atoms with Gasteiger partial charge in [0, 0.05) is 18.3 Å². The maximum absolute atomic E-state index is 12.8. The molecule has 0 unspecified atom stereocenters. The Kier molecular flexibility index (Phi) is 2.19. The molecule has 4 atom stereocenters. The lowest BCUT2D eigenvalue weighted by atomic mass is 9.41. The molecule has 0 bridgehead atoms. The Balaban J connectivity index is 2.18. The van der Waals surface area contributed by atoms with Gasteiger partial charge < -0.3 is 0 Å². The fourth-order valence-electron chi connectivity index (χ4n) is 4.05. The summed E-state index contributed by atoms with van der Waals surface area (Å²) in [5.41, 5.74) is 0.0823. The van der Waals surface area contributed by atoms with E-state index in [0.717, 1.165) is 11.1 Å². The zero-order valence-corrected chi connectivity index (χ0v) is 11.6. The van der Waals surface area contributed by atoms with Gasteiger partial charge in [0.1, 0.15) is 11.6 Å². The van der Waals surface area contributed by atoms with Crippen molar-refractivity contribution in [3.63, 3.8) is 0 Å². The second kappa shape index (κ2) is 3.33. The quantitative estimate of drug-likeness (QED) is 0.626. The topological polar surface area (TPSA) is 51.2 Å². The van der Waals surface area contributed by atoms with Gasteiger partial charge in [0.05, 0.1) is 10.8 Å². The summed E-state index contributed by atoms with van der Waals surface area (Å²) < 4.78 is 0. The van der Waals surface area contributed by atoms with Crippen LogP contribution < -0.4 is 0 Å². The number of carbonyl (C=O) groups excluding carboxylic acids is 3. The van der Waals surface area contributed by atoms with Gasteiger partial charge in [0.2, 0.25) is 0 Å². The molecule has 0 N–H and O–H groups in total. The lowest BCUT2D eigenvalue weighted by molar-refractivity contribution is -0.163. The minimum absolute atomic E-state index is 0.0386. The van der Waals surface area contributed by atoms with Crippen LogP contribution in [0, 0.1) is 22.7 Å². The van der Waals surface area contributed by atoms with E-state index in [4.69, 9.17) is 0 Å². The molecule has 19 heavy (non-hydrogen) atoms. The summed E-state index contributed by atoms with van der Waals surface area (Å²) in [6, 6.07) is 0. The van der Waals surface area contributed by atoms with Crippen molar-refractivity contribution in [2.45, 2.75) is 33.6 Å². The van der Waals surface area contributed by atoms with E-state index in [0.29, 0.717) is 6.42 Å². The molecule has 3 rings (SSSR count). The fraction of sp³-hybridized carbons (Fsp3) is 0.562. The molecular weight excluding hydrogens is 240 g/mol. The molecule has 0 aromatic carbocycles. The molecule has 0 aromatic rings. The van der Waals surface area contributed by atoms with Gasteiger partial charge in [-0.25, -0.2) is 0 Å². The molecule has 0 saturated heterocycles. The van der Waals surface area contributed by atoms with E-state index in [9.17, 15) is 14.4 Å². The third-order valence-electron chi connectivity index (χ3n) is 5.84. The van der Waals surface area contributed by atoms with E-state index in [1.165, 1.54) is 6.08 Å². The first-order valence-electron chi connectivity index (χ1n) is 6.72. The van der Waals surface area contributed by atoms with Gasteiger partial charge in [0.25, 0.3) is 0 Å². The van der Waals surface area contributed by atoms with Gasteiger partial charge in [-0.3, -0.25) is 14.4 Å². The van der Waals surface area contributed by atoms with Gasteiger partial charge in [-0.2, -0.15) is 0 Å². The van der Waals surface area contributed by atoms with Gasteiger partial charge in [-0.1, -0.05) is 17.7 Å². The minimum atomic E-state index is -0.782. The predicted molar refractivity (Wildman–Crippen MR) is 70.3 cm³/mol. The van der Waals surface area contributed by atoms with Crippen LogP contribution in [0.5, 0.6) is 0 Å². The summed E-state index contributed by atoms with van der Waals surface area (Å²) in [6.45, 7) is 9.38. The molecule has 2 fully saturated rings. The first kappa shape index (κ1) is 12.5. The molecule has 3 heteroatoms. The highest BCUT2D eigenvalue weighted by atomic mass is 16.2. The Morgan fingerprint density at radius 1 is 1.05 bits per heavy atom. The smallest absolute Gasteiger partial charge is 0.156 e. The van der Waals surface area contributed by atoms with Crippen LogP contribution in [0.2, 0.25) is 0 Å². The highest BCUT2D eigenvalue weighted by Gasteiger charge is 2.67. The number of ketones is 3. The number of fused-ring (bicyclic) bond motifs is 2. The van der Waals surface area contributed by atoms with Crippen LogP contribution in [-0.4, -0.2) is 17.3 Å². The van der Waals surface area contributed by atoms with Crippen molar-refractivity contribution >= 4 is 17.3 Å². The third-order valence-corrected chi connectivity index (χ3v) is 5.84. The predicted octanol–water partition coefficient (Wildman–Crippen LogP) is 2.26. The lowest BCUT2D eigenvalue weighted by Crippen LogP contribution is -2.65. The van der Waals surface area contributed by atoms with Crippen molar-refractivity contribution in [2.24, 2.45) is 22.7 Å². The summed E-state index contributed by atoms with van der Waals surface area (Å²) in [7, 11) is 0. The van der Waals surface area contributed by atoms with Crippen LogP contribution >= 0.6 is 0 Å². The number of Topliss-reactive ketones (excluding diaryl/α,β-unsaturated/α-hetero) is 2. The molecule has 100 valence electrons. The maximum atomic E-state index is 12.8. The van der Waals surface area contributed by atoms with E-state index < -0.39 is 16.7 Å². The first-order valence-corrected chi connectivity index (χ1v) is 6.72. The van der Waals surface area contributed by atoms with E-state index in [1.54, 1.807) is 6.92 Å². The van der Waals surface area contributed by atoms with Crippen LogP contribution in [0.3, 0.4) is 0 Å². The summed E-state index contributed by atoms with van der Waals surface area (Å²) in [5, 5.41) is 0. The van der Waals surface area contributed by atoms with Crippen LogP contribution in [0.4, 0.5) is 0 Å². The van der Waals surface area contributed by atoms with Crippen molar-refractivity contribution in [1.82, 2.24) is 0 Å². The Labute approximate surface area is 112 Å².